The summed E-state index contributed by atoms with van der Waals surface area (Å²) in [6.07, 6.45) is 0.961. The summed E-state index contributed by atoms with van der Waals surface area (Å²) in [6, 6.07) is 17.7. The first-order valence-electron chi connectivity index (χ1n) is 9.68. The zero-order valence-corrected chi connectivity index (χ0v) is 17.3. The highest BCUT2D eigenvalue weighted by Gasteiger charge is 2.15. The van der Waals surface area contributed by atoms with Gasteiger partial charge in [-0.05, 0) is 48.6 Å². The molecule has 0 saturated carbocycles. The summed E-state index contributed by atoms with van der Waals surface area (Å²) in [5.41, 5.74) is 3.99. The fraction of sp³-hybridized carbons (Fsp3) is 0.217. The van der Waals surface area contributed by atoms with Crippen LogP contribution in [0.25, 0.3) is 11.0 Å². The molecule has 4 aromatic rings. The Kier molecular flexibility index (Phi) is 5.62. The molecule has 0 fully saturated rings. The van der Waals surface area contributed by atoms with Crippen molar-refractivity contribution in [1.82, 2.24) is 9.55 Å². The van der Waals surface area contributed by atoms with E-state index in [4.69, 9.17) is 4.74 Å². The third-order valence-electron chi connectivity index (χ3n) is 4.69. The molecule has 0 atom stereocenters. The Morgan fingerprint density at radius 3 is 2.79 bits per heavy atom. The molecule has 0 spiro atoms. The molecule has 0 bridgehead atoms. The number of para-hydroxylation sites is 3. The van der Waals surface area contributed by atoms with E-state index in [1.165, 1.54) is 11.3 Å². The first-order valence-corrected chi connectivity index (χ1v) is 10.6. The first kappa shape index (κ1) is 19.2. The van der Waals surface area contributed by atoms with Crippen LogP contribution in [0, 0.1) is 6.92 Å². The Morgan fingerprint density at radius 1 is 1.17 bits per heavy atom. The van der Waals surface area contributed by atoms with E-state index in [0.717, 1.165) is 40.9 Å². The number of hydrogen-bond acceptors (Lipinski definition) is 4. The standard InChI is InChI=1S/C23H23N3O2S/c1-3-12-26-19-10-6-5-9-18(19)24-23(26)25-22(27)21-13-17(15-29-21)14-28-20-11-7-4-8-16(20)2/h4-11,13,15H,3,12,14H2,1-2H3,(H,24,25,27). The van der Waals surface area contributed by atoms with Crippen LogP contribution in [0.2, 0.25) is 0 Å². The maximum atomic E-state index is 12.8. The summed E-state index contributed by atoms with van der Waals surface area (Å²) in [5.74, 6) is 1.30. The number of nitrogens with one attached hydrogen (secondary N) is 1. The van der Waals surface area contributed by atoms with Crippen molar-refractivity contribution in [2.24, 2.45) is 0 Å². The SMILES string of the molecule is CCCn1c(NC(=O)c2cc(COc3ccccc3C)cs2)nc2ccccc21. The van der Waals surface area contributed by atoms with E-state index >= 15 is 0 Å². The van der Waals surface area contributed by atoms with Gasteiger partial charge in [0, 0.05) is 12.1 Å². The summed E-state index contributed by atoms with van der Waals surface area (Å²) in [7, 11) is 0. The number of amides is 1. The molecule has 6 heteroatoms. The maximum Gasteiger partial charge on any atom is 0.268 e. The average molecular weight is 406 g/mol. The second-order valence-corrected chi connectivity index (χ2v) is 7.81. The maximum absolute atomic E-state index is 12.8. The number of rotatable bonds is 7. The lowest BCUT2D eigenvalue weighted by atomic mass is 10.2. The van der Waals surface area contributed by atoms with Gasteiger partial charge in [-0.1, -0.05) is 37.3 Å². The number of thiophene rings is 1. The van der Waals surface area contributed by atoms with Crippen LogP contribution in [-0.2, 0) is 13.2 Å². The van der Waals surface area contributed by atoms with Crippen molar-refractivity contribution < 1.29 is 9.53 Å². The number of carbonyl (C=O) groups is 1. The summed E-state index contributed by atoms with van der Waals surface area (Å²) in [6.45, 7) is 5.36. The number of benzene rings is 2. The van der Waals surface area contributed by atoms with E-state index < -0.39 is 0 Å². The summed E-state index contributed by atoms with van der Waals surface area (Å²) < 4.78 is 7.94. The Bertz CT molecular complexity index is 1150. The van der Waals surface area contributed by atoms with Gasteiger partial charge in [0.05, 0.1) is 15.9 Å². The second-order valence-electron chi connectivity index (χ2n) is 6.90. The normalized spacial score (nSPS) is 11.0. The van der Waals surface area contributed by atoms with Gasteiger partial charge >= 0.3 is 0 Å². The van der Waals surface area contributed by atoms with Crippen LogP contribution in [-0.4, -0.2) is 15.5 Å². The first-order chi connectivity index (χ1) is 14.2. The highest BCUT2D eigenvalue weighted by atomic mass is 32.1. The van der Waals surface area contributed by atoms with Gasteiger partial charge in [-0.2, -0.15) is 0 Å². The molecule has 0 aliphatic heterocycles. The predicted octanol–water partition coefficient (Wildman–Crippen LogP) is 5.65. The summed E-state index contributed by atoms with van der Waals surface area (Å²) in [5, 5.41) is 4.94. The van der Waals surface area contributed by atoms with Crippen molar-refractivity contribution in [2.45, 2.75) is 33.4 Å². The Hall–Kier alpha value is -3.12. The number of aryl methyl sites for hydroxylation is 2. The van der Waals surface area contributed by atoms with Gasteiger partial charge in [0.2, 0.25) is 5.95 Å². The minimum Gasteiger partial charge on any atom is -0.489 e. The van der Waals surface area contributed by atoms with Crippen LogP contribution in [0.1, 0.15) is 34.1 Å². The van der Waals surface area contributed by atoms with E-state index in [2.05, 4.69) is 21.8 Å². The number of carbonyl (C=O) groups excluding carboxylic acids is 1. The molecular weight excluding hydrogens is 382 g/mol. The summed E-state index contributed by atoms with van der Waals surface area (Å²) >= 11 is 1.41. The molecule has 1 amide bonds. The van der Waals surface area contributed by atoms with Gasteiger partial charge < -0.3 is 9.30 Å². The molecule has 0 unspecified atom stereocenters. The molecule has 0 radical (unpaired) electrons. The van der Waals surface area contributed by atoms with Crippen LogP contribution < -0.4 is 10.1 Å². The van der Waals surface area contributed by atoms with Crippen molar-refractivity contribution in [3.63, 3.8) is 0 Å². The van der Waals surface area contributed by atoms with Gasteiger partial charge in [-0.15, -0.1) is 11.3 Å². The lowest BCUT2D eigenvalue weighted by Gasteiger charge is -2.08. The highest BCUT2D eigenvalue weighted by molar-refractivity contribution is 7.12. The Labute approximate surface area is 174 Å². The quantitative estimate of drug-likeness (QED) is 0.432. The molecule has 4 rings (SSSR count). The van der Waals surface area contributed by atoms with Crippen LogP contribution in [0.4, 0.5) is 5.95 Å². The monoisotopic (exact) mass is 405 g/mol. The van der Waals surface area contributed by atoms with E-state index in [0.29, 0.717) is 17.4 Å². The number of hydrogen-bond donors (Lipinski definition) is 1. The second kappa shape index (κ2) is 8.49. The molecule has 5 nitrogen and oxygen atoms in total. The smallest absolute Gasteiger partial charge is 0.268 e. The third-order valence-corrected chi connectivity index (χ3v) is 5.67. The fourth-order valence-corrected chi connectivity index (χ4v) is 4.03. The number of imidazole rings is 1. The molecule has 0 saturated heterocycles. The number of aromatic nitrogens is 2. The van der Waals surface area contributed by atoms with Crippen molar-refractivity contribution in [3.05, 3.63) is 76.0 Å². The van der Waals surface area contributed by atoms with Crippen LogP contribution in [0.3, 0.4) is 0 Å². The van der Waals surface area contributed by atoms with Gasteiger partial charge in [0.1, 0.15) is 12.4 Å². The Balaban J connectivity index is 1.48. The van der Waals surface area contributed by atoms with E-state index in [1.807, 2.05) is 66.9 Å². The number of anilines is 1. The van der Waals surface area contributed by atoms with Crippen molar-refractivity contribution in [1.29, 1.82) is 0 Å². The lowest BCUT2D eigenvalue weighted by Crippen LogP contribution is -2.15. The molecule has 29 heavy (non-hydrogen) atoms. The zero-order chi connectivity index (χ0) is 20.2. The van der Waals surface area contributed by atoms with Crippen molar-refractivity contribution >= 4 is 34.2 Å². The van der Waals surface area contributed by atoms with Crippen molar-refractivity contribution in [3.8, 4) is 5.75 Å². The average Bonchev–Trinajstić information content (AvgIpc) is 3.33. The molecule has 0 aliphatic rings. The Morgan fingerprint density at radius 2 is 1.97 bits per heavy atom. The largest absolute Gasteiger partial charge is 0.489 e. The van der Waals surface area contributed by atoms with E-state index in [-0.39, 0.29) is 5.91 Å². The zero-order valence-electron chi connectivity index (χ0n) is 16.5. The number of fused-ring (bicyclic) bond motifs is 1. The molecule has 2 heterocycles. The van der Waals surface area contributed by atoms with Gasteiger partial charge in [-0.25, -0.2) is 4.98 Å². The molecule has 1 N–H and O–H groups in total. The molecular formula is C23H23N3O2S. The third kappa shape index (κ3) is 4.17. The summed E-state index contributed by atoms with van der Waals surface area (Å²) in [4.78, 5) is 18.0. The molecule has 0 aliphatic carbocycles. The minimum absolute atomic E-state index is 0.148. The van der Waals surface area contributed by atoms with Crippen LogP contribution in [0.5, 0.6) is 5.75 Å². The number of ether oxygens (including phenoxy) is 1. The van der Waals surface area contributed by atoms with Gasteiger partial charge in [0.15, 0.2) is 0 Å². The van der Waals surface area contributed by atoms with Crippen LogP contribution >= 0.6 is 11.3 Å². The van der Waals surface area contributed by atoms with Crippen molar-refractivity contribution in [2.75, 3.05) is 5.32 Å². The highest BCUT2D eigenvalue weighted by Crippen LogP contribution is 2.23. The fourth-order valence-electron chi connectivity index (χ4n) is 3.23. The molecule has 148 valence electrons. The number of nitrogens with zero attached hydrogens (tertiary/aromatic N) is 2. The van der Waals surface area contributed by atoms with Gasteiger partial charge in [-0.3, -0.25) is 10.1 Å². The molecule has 2 aromatic carbocycles. The molecule has 2 aromatic heterocycles. The van der Waals surface area contributed by atoms with Gasteiger partial charge in [0.25, 0.3) is 5.91 Å². The minimum atomic E-state index is -0.148. The van der Waals surface area contributed by atoms with E-state index in [1.54, 1.807) is 0 Å². The van der Waals surface area contributed by atoms with Crippen LogP contribution in [0.15, 0.2) is 60.0 Å². The lowest BCUT2D eigenvalue weighted by molar-refractivity contribution is 0.102. The van der Waals surface area contributed by atoms with E-state index in [9.17, 15) is 4.79 Å². The predicted molar refractivity (Wildman–Crippen MR) is 118 cm³/mol. The topological polar surface area (TPSA) is 56.2 Å².